The molecule has 1 unspecified atom stereocenters. The summed E-state index contributed by atoms with van der Waals surface area (Å²) in [6.07, 6.45) is 2.01. The van der Waals surface area contributed by atoms with Crippen molar-refractivity contribution >= 4 is 23.1 Å². The van der Waals surface area contributed by atoms with Gasteiger partial charge in [-0.25, -0.2) is 4.39 Å². The van der Waals surface area contributed by atoms with E-state index < -0.39 is 0 Å². The molecule has 0 spiro atoms. The molecule has 1 atom stereocenters. The Kier molecular flexibility index (Phi) is 5.85. The molecule has 0 saturated heterocycles. The van der Waals surface area contributed by atoms with Gasteiger partial charge in [-0.2, -0.15) is 0 Å². The number of nitrogens with two attached hydrogens (primary N) is 1. The van der Waals surface area contributed by atoms with Crippen molar-refractivity contribution in [3.63, 3.8) is 0 Å². The Bertz CT molecular complexity index is 488. The van der Waals surface area contributed by atoms with Crippen LogP contribution in [0.25, 0.3) is 0 Å². The van der Waals surface area contributed by atoms with Gasteiger partial charge in [0, 0.05) is 21.6 Å². The van der Waals surface area contributed by atoms with Gasteiger partial charge in [0.15, 0.2) is 0 Å². The highest BCUT2D eigenvalue weighted by atomic mass is 32.2. The van der Waals surface area contributed by atoms with Gasteiger partial charge >= 0.3 is 0 Å². The van der Waals surface area contributed by atoms with Crippen molar-refractivity contribution < 1.29 is 4.39 Å². The SMILES string of the molecule is NNC(CCc1cccs1)CSc1cccc(F)c1. The zero-order valence-electron chi connectivity index (χ0n) is 10.5. The second-order valence-corrected chi connectivity index (χ2v) is 6.38. The Balaban J connectivity index is 1.79. The molecule has 19 heavy (non-hydrogen) atoms. The average molecular weight is 296 g/mol. The molecule has 1 heterocycles. The zero-order chi connectivity index (χ0) is 13.5. The van der Waals surface area contributed by atoms with Gasteiger partial charge in [0.2, 0.25) is 0 Å². The summed E-state index contributed by atoms with van der Waals surface area (Å²) in [5.74, 6) is 6.22. The Morgan fingerprint density at radius 3 is 2.89 bits per heavy atom. The molecule has 2 nitrogen and oxygen atoms in total. The lowest BCUT2D eigenvalue weighted by Gasteiger charge is -2.14. The third-order valence-corrected chi connectivity index (χ3v) is 4.89. The number of hydrazine groups is 1. The van der Waals surface area contributed by atoms with Gasteiger partial charge in [0.25, 0.3) is 0 Å². The lowest BCUT2D eigenvalue weighted by Crippen LogP contribution is -2.37. The number of thioether (sulfide) groups is 1. The summed E-state index contributed by atoms with van der Waals surface area (Å²) in [5, 5.41) is 2.09. The van der Waals surface area contributed by atoms with E-state index in [1.165, 1.54) is 10.9 Å². The standard InChI is InChI=1S/C14H17FN2S2/c15-11-3-1-4-14(9-11)19-10-12(17-16)6-7-13-5-2-8-18-13/h1-5,8-9,12,17H,6-7,10,16H2. The van der Waals surface area contributed by atoms with Crippen LogP contribution in [0.2, 0.25) is 0 Å². The normalized spacial score (nSPS) is 12.5. The highest BCUT2D eigenvalue weighted by Crippen LogP contribution is 2.21. The van der Waals surface area contributed by atoms with Crippen LogP contribution >= 0.6 is 23.1 Å². The molecule has 2 rings (SSSR count). The van der Waals surface area contributed by atoms with Gasteiger partial charge in [0.05, 0.1) is 0 Å². The van der Waals surface area contributed by atoms with E-state index >= 15 is 0 Å². The van der Waals surface area contributed by atoms with Crippen molar-refractivity contribution in [2.45, 2.75) is 23.8 Å². The van der Waals surface area contributed by atoms with Crippen LogP contribution in [-0.4, -0.2) is 11.8 Å². The predicted molar refractivity (Wildman–Crippen MR) is 80.9 cm³/mol. The highest BCUT2D eigenvalue weighted by Gasteiger charge is 2.08. The molecular weight excluding hydrogens is 279 g/mol. The topological polar surface area (TPSA) is 38.0 Å². The largest absolute Gasteiger partial charge is 0.271 e. The van der Waals surface area contributed by atoms with Crippen LogP contribution in [0.15, 0.2) is 46.7 Å². The average Bonchev–Trinajstić information content (AvgIpc) is 2.92. The van der Waals surface area contributed by atoms with Gasteiger partial charge in [-0.3, -0.25) is 11.3 Å². The van der Waals surface area contributed by atoms with Gasteiger partial charge in [-0.15, -0.1) is 23.1 Å². The summed E-state index contributed by atoms with van der Waals surface area (Å²) in [7, 11) is 0. The van der Waals surface area contributed by atoms with E-state index in [0.29, 0.717) is 0 Å². The van der Waals surface area contributed by atoms with Crippen LogP contribution in [-0.2, 0) is 6.42 Å². The van der Waals surface area contributed by atoms with Crippen molar-refractivity contribution in [1.82, 2.24) is 5.43 Å². The molecule has 102 valence electrons. The second kappa shape index (κ2) is 7.65. The molecule has 0 fully saturated rings. The minimum atomic E-state index is -0.194. The first-order valence-electron chi connectivity index (χ1n) is 6.15. The van der Waals surface area contributed by atoms with Crippen LogP contribution in [0.1, 0.15) is 11.3 Å². The van der Waals surface area contributed by atoms with Gasteiger partial charge in [-0.1, -0.05) is 12.1 Å². The Morgan fingerprint density at radius 1 is 1.32 bits per heavy atom. The molecule has 0 aliphatic rings. The van der Waals surface area contributed by atoms with Crippen LogP contribution in [0.3, 0.4) is 0 Å². The molecule has 0 aliphatic heterocycles. The van der Waals surface area contributed by atoms with Crippen molar-refractivity contribution in [1.29, 1.82) is 0 Å². The van der Waals surface area contributed by atoms with Crippen LogP contribution < -0.4 is 11.3 Å². The molecule has 5 heteroatoms. The minimum Gasteiger partial charge on any atom is -0.271 e. The fourth-order valence-electron chi connectivity index (χ4n) is 1.74. The molecule has 0 saturated carbocycles. The zero-order valence-corrected chi connectivity index (χ0v) is 12.1. The van der Waals surface area contributed by atoms with E-state index in [-0.39, 0.29) is 11.9 Å². The summed E-state index contributed by atoms with van der Waals surface area (Å²) in [4.78, 5) is 2.31. The maximum Gasteiger partial charge on any atom is 0.124 e. The molecule has 2 aromatic rings. The molecule has 0 amide bonds. The molecule has 0 aliphatic carbocycles. The first kappa shape index (κ1) is 14.5. The second-order valence-electron chi connectivity index (χ2n) is 4.25. The lowest BCUT2D eigenvalue weighted by molar-refractivity contribution is 0.541. The predicted octanol–water partition coefficient (Wildman–Crippen LogP) is 3.44. The number of aryl methyl sites for hydroxylation is 1. The maximum absolute atomic E-state index is 13.1. The smallest absolute Gasteiger partial charge is 0.124 e. The number of benzene rings is 1. The Morgan fingerprint density at radius 2 is 2.21 bits per heavy atom. The van der Waals surface area contributed by atoms with E-state index in [1.54, 1.807) is 35.2 Å². The number of thiophene rings is 1. The monoisotopic (exact) mass is 296 g/mol. The maximum atomic E-state index is 13.1. The van der Waals surface area contributed by atoms with Crippen molar-refractivity contribution in [3.8, 4) is 0 Å². The Hall–Kier alpha value is -0.880. The molecular formula is C14H17FN2S2. The quantitative estimate of drug-likeness (QED) is 0.467. The van der Waals surface area contributed by atoms with Crippen molar-refractivity contribution in [2.24, 2.45) is 5.84 Å². The Labute approximate surface area is 121 Å². The van der Waals surface area contributed by atoms with E-state index in [4.69, 9.17) is 5.84 Å². The fraction of sp³-hybridized carbons (Fsp3) is 0.286. The summed E-state index contributed by atoms with van der Waals surface area (Å²) in [6, 6.07) is 11.1. The van der Waals surface area contributed by atoms with Crippen LogP contribution in [0.4, 0.5) is 4.39 Å². The molecule has 1 aromatic carbocycles. The molecule has 1 aromatic heterocycles. The summed E-state index contributed by atoms with van der Waals surface area (Å²) in [6.45, 7) is 0. The first-order valence-corrected chi connectivity index (χ1v) is 8.01. The third-order valence-electron chi connectivity index (χ3n) is 2.80. The van der Waals surface area contributed by atoms with E-state index in [1.807, 2.05) is 6.07 Å². The summed E-state index contributed by atoms with van der Waals surface area (Å²) < 4.78 is 13.1. The molecule has 0 radical (unpaired) electrons. The van der Waals surface area contributed by atoms with Crippen molar-refractivity contribution in [2.75, 3.05) is 5.75 Å². The third kappa shape index (κ3) is 4.95. The lowest BCUT2D eigenvalue weighted by atomic mass is 10.2. The number of hydrogen-bond donors (Lipinski definition) is 2. The highest BCUT2D eigenvalue weighted by molar-refractivity contribution is 7.99. The summed E-state index contributed by atoms with van der Waals surface area (Å²) >= 11 is 3.39. The number of nitrogens with one attached hydrogen (secondary N) is 1. The number of halogens is 1. The fourth-order valence-corrected chi connectivity index (χ4v) is 3.49. The van der Waals surface area contributed by atoms with E-state index in [9.17, 15) is 4.39 Å². The van der Waals surface area contributed by atoms with E-state index in [0.717, 1.165) is 23.5 Å². The molecule has 0 bridgehead atoms. The van der Waals surface area contributed by atoms with Crippen LogP contribution in [0.5, 0.6) is 0 Å². The number of hydrogen-bond acceptors (Lipinski definition) is 4. The molecule has 3 N–H and O–H groups in total. The summed E-state index contributed by atoms with van der Waals surface area (Å²) in [5.41, 5.74) is 2.84. The van der Waals surface area contributed by atoms with E-state index in [2.05, 4.69) is 22.9 Å². The van der Waals surface area contributed by atoms with Gasteiger partial charge < -0.3 is 0 Å². The van der Waals surface area contributed by atoms with Crippen molar-refractivity contribution in [3.05, 3.63) is 52.5 Å². The van der Waals surface area contributed by atoms with Crippen LogP contribution in [0, 0.1) is 5.82 Å². The number of rotatable bonds is 7. The first-order chi connectivity index (χ1) is 9.28. The van der Waals surface area contributed by atoms with Gasteiger partial charge in [-0.05, 0) is 42.5 Å². The minimum absolute atomic E-state index is 0.194. The van der Waals surface area contributed by atoms with Gasteiger partial charge in [0.1, 0.15) is 5.82 Å².